The quantitative estimate of drug-likeness (QED) is 0.746. The first-order valence-electron chi connectivity index (χ1n) is 5.82. The first kappa shape index (κ1) is 11.5. The van der Waals surface area contributed by atoms with E-state index in [0.717, 1.165) is 12.0 Å². The third kappa shape index (κ3) is 2.59. The normalized spacial score (nSPS) is 12.1. The Morgan fingerprint density at radius 2 is 1.94 bits per heavy atom. The van der Waals surface area contributed by atoms with E-state index in [1.807, 2.05) is 43.3 Å². The molecular weight excluding hydrogens is 210 g/mol. The number of carbonyl (C=O) groups is 1. The van der Waals surface area contributed by atoms with Crippen LogP contribution in [-0.4, -0.2) is 10.8 Å². The van der Waals surface area contributed by atoms with E-state index in [-0.39, 0.29) is 11.7 Å². The second-order valence-corrected chi connectivity index (χ2v) is 3.98. The molecule has 1 atom stereocenters. The van der Waals surface area contributed by atoms with Crippen LogP contribution in [0, 0.1) is 0 Å². The van der Waals surface area contributed by atoms with Crippen molar-refractivity contribution in [1.29, 1.82) is 0 Å². The highest BCUT2D eigenvalue weighted by atomic mass is 16.1. The van der Waals surface area contributed by atoms with E-state index in [1.54, 1.807) is 18.5 Å². The van der Waals surface area contributed by atoms with Crippen molar-refractivity contribution in [3.8, 4) is 0 Å². The third-order valence-corrected chi connectivity index (χ3v) is 2.87. The first-order chi connectivity index (χ1) is 8.33. The number of hydrogen-bond donors (Lipinski definition) is 0. The second kappa shape index (κ2) is 5.39. The molecule has 1 heterocycles. The summed E-state index contributed by atoms with van der Waals surface area (Å²) in [6.45, 7) is 2.03. The van der Waals surface area contributed by atoms with Crippen molar-refractivity contribution in [2.45, 2.75) is 19.3 Å². The Balaban J connectivity index is 2.29. The van der Waals surface area contributed by atoms with Crippen molar-refractivity contribution < 1.29 is 4.79 Å². The van der Waals surface area contributed by atoms with Crippen molar-refractivity contribution in [2.75, 3.05) is 0 Å². The van der Waals surface area contributed by atoms with Gasteiger partial charge in [0.15, 0.2) is 5.78 Å². The van der Waals surface area contributed by atoms with E-state index in [1.165, 1.54) is 0 Å². The topological polar surface area (TPSA) is 30.0 Å². The maximum absolute atomic E-state index is 12.3. The summed E-state index contributed by atoms with van der Waals surface area (Å²) in [7, 11) is 0. The number of aromatic nitrogens is 1. The number of rotatable bonds is 4. The number of nitrogens with zero attached hydrogens (tertiary/aromatic N) is 1. The van der Waals surface area contributed by atoms with Gasteiger partial charge in [-0.05, 0) is 24.1 Å². The SMILES string of the molecule is CCC(C(=O)c1cccnc1)c1ccccc1. The van der Waals surface area contributed by atoms with Gasteiger partial charge >= 0.3 is 0 Å². The van der Waals surface area contributed by atoms with E-state index in [2.05, 4.69) is 4.98 Å². The van der Waals surface area contributed by atoms with E-state index in [9.17, 15) is 4.79 Å². The first-order valence-corrected chi connectivity index (χ1v) is 5.82. The summed E-state index contributed by atoms with van der Waals surface area (Å²) in [5.41, 5.74) is 1.76. The molecule has 2 rings (SSSR count). The molecule has 0 bridgehead atoms. The van der Waals surface area contributed by atoms with Crippen LogP contribution in [0.4, 0.5) is 0 Å². The highest BCUT2D eigenvalue weighted by Gasteiger charge is 2.19. The summed E-state index contributed by atoms with van der Waals surface area (Å²) in [4.78, 5) is 16.3. The van der Waals surface area contributed by atoms with Crippen LogP contribution in [0.3, 0.4) is 0 Å². The van der Waals surface area contributed by atoms with Gasteiger partial charge in [-0.2, -0.15) is 0 Å². The molecule has 0 saturated carbocycles. The van der Waals surface area contributed by atoms with Gasteiger partial charge in [0.2, 0.25) is 0 Å². The number of hydrogen-bond acceptors (Lipinski definition) is 2. The van der Waals surface area contributed by atoms with E-state index < -0.39 is 0 Å². The fourth-order valence-electron chi connectivity index (χ4n) is 1.97. The van der Waals surface area contributed by atoms with Gasteiger partial charge in [0.25, 0.3) is 0 Å². The molecule has 0 aliphatic rings. The zero-order chi connectivity index (χ0) is 12.1. The summed E-state index contributed by atoms with van der Waals surface area (Å²) in [5.74, 6) is 0.0761. The molecule has 0 radical (unpaired) electrons. The van der Waals surface area contributed by atoms with Crippen molar-refractivity contribution in [3.05, 3.63) is 66.0 Å². The van der Waals surface area contributed by atoms with Gasteiger partial charge in [0.1, 0.15) is 0 Å². The fourth-order valence-corrected chi connectivity index (χ4v) is 1.97. The monoisotopic (exact) mass is 225 g/mol. The molecule has 0 spiro atoms. The molecule has 0 aliphatic carbocycles. The van der Waals surface area contributed by atoms with Gasteiger partial charge in [-0.25, -0.2) is 0 Å². The lowest BCUT2D eigenvalue weighted by molar-refractivity contribution is 0.0957. The summed E-state index contributed by atoms with van der Waals surface area (Å²) >= 11 is 0. The van der Waals surface area contributed by atoms with Gasteiger partial charge in [0, 0.05) is 23.9 Å². The van der Waals surface area contributed by atoms with Crippen molar-refractivity contribution >= 4 is 5.78 Å². The maximum atomic E-state index is 12.3. The van der Waals surface area contributed by atoms with Gasteiger partial charge in [-0.1, -0.05) is 37.3 Å². The lowest BCUT2D eigenvalue weighted by atomic mass is 9.89. The zero-order valence-electron chi connectivity index (χ0n) is 9.84. The Kier molecular flexibility index (Phi) is 3.66. The van der Waals surface area contributed by atoms with Gasteiger partial charge in [-0.15, -0.1) is 0 Å². The molecule has 0 saturated heterocycles. The highest BCUT2D eigenvalue weighted by molar-refractivity contribution is 6.00. The molecule has 0 fully saturated rings. The van der Waals surface area contributed by atoms with Crippen LogP contribution < -0.4 is 0 Å². The van der Waals surface area contributed by atoms with Crippen LogP contribution in [0.5, 0.6) is 0 Å². The van der Waals surface area contributed by atoms with Gasteiger partial charge in [0.05, 0.1) is 0 Å². The summed E-state index contributed by atoms with van der Waals surface area (Å²) in [6, 6.07) is 13.5. The minimum atomic E-state index is -0.0691. The highest BCUT2D eigenvalue weighted by Crippen LogP contribution is 2.23. The fraction of sp³-hybridized carbons (Fsp3) is 0.200. The molecule has 1 unspecified atom stereocenters. The molecular formula is C15H15NO. The lowest BCUT2D eigenvalue weighted by Crippen LogP contribution is -2.12. The Labute approximate surface area is 101 Å². The summed E-state index contributed by atoms with van der Waals surface area (Å²) in [5, 5.41) is 0. The number of Topliss-reactive ketones (excluding diaryl/α,β-unsaturated/α-hetero) is 1. The van der Waals surface area contributed by atoms with E-state index >= 15 is 0 Å². The molecule has 86 valence electrons. The molecule has 0 N–H and O–H groups in total. The molecule has 2 aromatic rings. The predicted molar refractivity (Wildman–Crippen MR) is 68.0 cm³/mol. The molecule has 1 aromatic heterocycles. The molecule has 2 nitrogen and oxygen atoms in total. The predicted octanol–water partition coefficient (Wildman–Crippen LogP) is 3.46. The van der Waals surface area contributed by atoms with Crippen molar-refractivity contribution in [1.82, 2.24) is 4.98 Å². The van der Waals surface area contributed by atoms with Crippen molar-refractivity contribution in [2.24, 2.45) is 0 Å². The minimum absolute atomic E-state index is 0.0691. The zero-order valence-corrected chi connectivity index (χ0v) is 9.84. The van der Waals surface area contributed by atoms with Crippen LogP contribution in [0.1, 0.15) is 35.2 Å². The van der Waals surface area contributed by atoms with Crippen LogP contribution in [0.25, 0.3) is 0 Å². The number of benzene rings is 1. The van der Waals surface area contributed by atoms with E-state index in [4.69, 9.17) is 0 Å². The summed E-state index contributed by atoms with van der Waals surface area (Å²) < 4.78 is 0. The average molecular weight is 225 g/mol. The van der Waals surface area contributed by atoms with Gasteiger partial charge in [-0.3, -0.25) is 9.78 Å². The Morgan fingerprint density at radius 3 is 2.53 bits per heavy atom. The smallest absolute Gasteiger partial charge is 0.171 e. The lowest BCUT2D eigenvalue weighted by Gasteiger charge is -2.13. The second-order valence-electron chi connectivity index (χ2n) is 3.98. The standard InChI is InChI=1S/C15H15NO/c1-2-14(12-7-4-3-5-8-12)15(17)13-9-6-10-16-11-13/h3-11,14H,2H2,1H3. The third-order valence-electron chi connectivity index (χ3n) is 2.87. The Hall–Kier alpha value is -1.96. The molecule has 0 aliphatic heterocycles. The van der Waals surface area contributed by atoms with Crippen LogP contribution in [0.15, 0.2) is 54.9 Å². The van der Waals surface area contributed by atoms with Crippen LogP contribution >= 0.6 is 0 Å². The molecule has 1 aromatic carbocycles. The minimum Gasteiger partial charge on any atom is -0.293 e. The van der Waals surface area contributed by atoms with E-state index in [0.29, 0.717) is 5.56 Å². The maximum Gasteiger partial charge on any atom is 0.171 e. The molecule has 17 heavy (non-hydrogen) atoms. The Bertz CT molecular complexity index is 479. The average Bonchev–Trinajstić information content (AvgIpc) is 2.42. The van der Waals surface area contributed by atoms with Crippen LogP contribution in [0.2, 0.25) is 0 Å². The van der Waals surface area contributed by atoms with Crippen molar-refractivity contribution in [3.63, 3.8) is 0 Å². The van der Waals surface area contributed by atoms with Crippen LogP contribution in [-0.2, 0) is 0 Å². The number of carbonyl (C=O) groups excluding carboxylic acids is 1. The molecule has 0 amide bonds. The molecule has 2 heteroatoms. The summed E-state index contributed by atoms with van der Waals surface area (Å²) in [6.07, 6.45) is 4.12. The number of pyridine rings is 1. The Morgan fingerprint density at radius 1 is 1.18 bits per heavy atom. The number of ketones is 1. The largest absolute Gasteiger partial charge is 0.293 e. The van der Waals surface area contributed by atoms with Gasteiger partial charge < -0.3 is 0 Å².